The molecule has 1 aliphatic heterocycles. The molecule has 0 aliphatic carbocycles. The monoisotopic (exact) mass is 423 g/mol. The highest BCUT2D eigenvalue weighted by atomic mass is 19.1. The van der Waals surface area contributed by atoms with Gasteiger partial charge in [-0.15, -0.1) is 0 Å². The summed E-state index contributed by atoms with van der Waals surface area (Å²) in [5, 5.41) is 19.4. The van der Waals surface area contributed by atoms with Crippen molar-refractivity contribution in [1.29, 1.82) is 5.26 Å². The van der Waals surface area contributed by atoms with E-state index < -0.39 is 5.97 Å². The van der Waals surface area contributed by atoms with Crippen LogP contribution in [0.25, 0.3) is 22.2 Å². The number of aromatic carboxylic acids is 1. The van der Waals surface area contributed by atoms with E-state index in [0.29, 0.717) is 22.2 Å². The minimum absolute atomic E-state index is 0.192. The van der Waals surface area contributed by atoms with Gasteiger partial charge in [0.15, 0.2) is 0 Å². The molecule has 0 saturated carbocycles. The molecule has 0 fully saturated rings. The summed E-state index contributed by atoms with van der Waals surface area (Å²) in [4.78, 5) is 18.5. The van der Waals surface area contributed by atoms with Gasteiger partial charge < -0.3 is 10.0 Å². The van der Waals surface area contributed by atoms with Crippen LogP contribution < -0.4 is 4.90 Å². The topological polar surface area (TPSA) is 77.2 Å². The van der Waals surface area contributed by atoms with E-state index in [1.54, 1.807) is 30.3 Å². The molecule has 0 radical (unpaired) electrons. The van der Waals surface area contributed by atoms with Crippen LogP contribution in [0.3, 0.4) is 0 Å². The summed E-state index contributed by atoms with van der Waals surface area (Å²) in [6.07, 6.45) is 1.77. The number of nitriles is 1. The summed E-state index contributed by atoms with van der Waals surface area (Å²) in [6.45, 7) is 0.749. The fraction of sp³-hybridized carbons (Fsp3) is 0.115. The number of pyridine rings is 1. The Morgan fingerprint density at radius 3 is 2.59 bits per heavy atom. The molecule has 32 heavy (non-hydrogen) atoms. The van der Waals surface area contributed by atoms with Crippen LogP contribution >= 0.6 is 0 Å². The molecular formula is C26H18FN3O2. The highest BCUT2D eigenvalue weighted by molar-refractivity contribution is 5.97. The Hall–Kier alpha value is -4.24. The second-order valence-corrected chi connectivity index (χ2v) is 7.79. The van der Waals surface area contributed by atoms with Crippen molar-refractivity contribution >= 4 is 28.2 Å². The normalized spacial score (nSPS) is 12.9. The Labute approximate surface area is 184 Å². The number of carboxylic acids is 1. The molecule has 5 nitrogen and oxygen atoms in total. The largest absolute Gasteiger partial charge is 0.478 e. The molecule has 1 aliphatic rings. The fourth-order valence-electron chi connectivity index (χ4n) is 4.24. The second-order valence-electron chi connectivity index (χ2n) is 7.79. The molecule has 5 rings (SSSR count). The van der Waals surface area contributed by atoms with Crippen molar-refractivity contribution in [2.75, 3.05) is 11.4 Å². The molecule has 0 amide bonds. The molecule has 3 aromatic carbocycles. The average molecular weight is 423 g/mol. The lowest BCUT2D eigenvalue weighted by Crippen LogP contribution is -2.25. The predicted octanol–water partition coefficient (Wildman–Crippen LogP) is 5.70. The van der Waals surface area contributed by atoms with Crippen LogP contribution in [-0.2, 0) is 6.42 Å². The van der Waals surface area contributed by atoms with Gasteiger partial charge in [-0.2, -0.15) is 5.26 Å². The number of anilines is 2. The zero-order valence-electron chi connectivity index (χ0n) is 17.0. The second kappa shape index (κ2) is 7.78. The van der Waals surface area contributed by atoms with E-state index in [0.717, 1.165) is 41.9 Å². The van der Waals surface area contributed by atoms with Crippen LogP contribution in [-0.4, -0.2) is 22.6 Å². The first-order valence-electron chi connectivity index (χ1n) is 10.3. The number of hydrogen-bond acceptors (Lipinski definition) is 4. The number of aryl methyl sites for hydroxylation is 1. The van der Waals surface area contributed by atoms with Crippen LogP contribution in [0.1, 0.15) is 27.9 Å². The molecule has 6 heteroatoms. The lowest BCUT2D eigenvalue weighted by molar-refractivity contribution is 0.0697. The molecule has 156 valence electrons. The van der Waals surface area contributed by atoms with Crippen LogP contribution in [0.5, 0.6) is 0 Å². The van der Waals surface area contributed by atoms with Gasteiger partial charge in [-0.1, -0.05) is 0 Å². The minimum Gasteiger partial charge on any atom is -0.478 e. The Morgan fingerprint density at radius 2 is 1.84 bits per heavy atom. The number of carbonyl (C=O) groups is 1. The van der Waals surface area contributed by atoms with Crippen LogP contribution in [0.4, 0.5) is 15.8 Å². The smallest absolute Gasteiger partial charge is 0.335 e. The molecule has 0 saturated heterocycles. The van der Waals surface area contributed by atoms with Crippen molar-refractivity contribution in [3.05, 3.63) is 89.2 Å². The zero-order chi connectivity index (χ0) is 22.2. The van der Waals surface area contributed by atoms with E-state index in [4.69, 9.17) is 4.98 Å². The number of rotatable bonds is 3. The van der Waals surface area contributed by atoms with Gasteiger partial charge >= 0.3 is 5.97 Å². The third kappa shape index (κ3) is 3.44. The summed E-state index contributed by atoms with van der Waals surface area (Å²) < 4.78 is 13.6. The van der Waals surface area contributed by atoms with E-state index in [9.17, 15) is 19.6 Å². The number of halogens is 1. The molecule has 0 atom stereocenters. The average Bonchev–Trinajstić information content (AvgIpc) is 2.82. The SMILES string of the molecule is N#Cc1ccc2c(c1)CCCN2c1cc2cc(C(=O)O)ccc2nc1-c1ccc(F)cc1. The molecular weight excluding hydrogens is 405 g/mol. The quantitative estimate of drug-likeness (QED) is 0.458. The van der Waals surface area contributed by atoms with Crippen molar-refractivity contribution in [3.8, 4) is 17.3 Å². The van der Waals surface area contributed by atoms with E-state index in [2.05, 4.69) is 11.0 Å². The Morgan fingerprint density at radius 1 is 1.03 bits per heavy atom. The third-order valence-electron chi connectivity index (χ3n) is 5.78. The van der Waals surface area contributed by atoms with E-state index in [-0.39, 0.29) is 11.4 Å². The lowest BCUT2D eigenvalue weighted by atomic mass is 9.97. The van der Waals surface area contributed by atoms with Crippen LogP contribution in [0.2, 0.25) is 0 Å². The van der Waals surface area contributed by atoms with Gasteiger partial charge in [0, 0.05) is 23.2 Å². The first-order valence-corrected chi connectivity index (χ1v) is 10.3. The number of carboxylic acid groups (broad SMARTS) is 1. The Balaban J connectivity index is 1.75. The molecule has 1 N–H and O–H groups in total. The lowest BCUT2D eigenvalue weighted by Gasteiger charge is -2.33. The van der Waals surface area contributed by atoms with Crippen LogP contribution in [0.15, 0.2) is 66.7 Å². The number of aromatic nitrogens is 1. The summed E-state index contributed by atoms with van der Waals surface area (Å²) in [7, 11) is 0. The van der Waals surface area contributed by atoms with E-state index in [1.165, 1.54) is 18.2 Å². The van der Waals surface area contributed by atoms with Gasteiger partial charge in [-0.05, 0) is 85.1 Å². The Kier molecular flexibility index (Phi) is 4.79. The molecule has 1 aromatic heterocycles. The highest BCUT2D eigenvalue weighted by Crippen LogP contribution is 2.40. The molecule has 0 bridgehead atoms. The van der Waals surface area contributed by atoms with Crippen molar-refractivity contribution in [2.24, 2.45) is 0 Å². The molecule has 4 aromatic rings. The predicted molar refractivity (Wildman–Crippen MR) is 121 cm³/mol. The van der Waals surface area contributed by atoms with Crippen molar-refractivity contribution in [3.63, 3.8) is 0 Å². The van der Waals surface area contributed by atoms with Crippen molar-refractivity contribution in [2.45, 2.75) is 12.8 Å². The number of benzene rings is 3. The summed E-state index contributed by atoms with van der Waals surface area (Å²) in [5.41, 5.74) is 5.83. The summed E-state index contributed by atoms with van der Waals surface area (Å²) in [5.74, 6) is -1.32. The first-order chi connectivity index (χ1) is 15.5. The first kappa shape index (κ1) is 19.7. The molecule has 2 heterocycles. The van der Waals surface area contributed by atoms with Crippen LogP contribution in [0, 0.1) is 17.1 Å². The number of fused-ring (bicyclic) bond motifs is 2. The fourth-order valence-corrected chi connectivity index (χ4v) is 4.24. The van der Waals surface area contributed by atoms with Crippen molar-refractivity contribution in [1.82, 2.24) is 4.98 Å². The van der Waals surface area contributed by atoms with Gasteiger partial charge in [0.05, 0.1) is 34.1 Å². The minimum atomic E-state index is -0.997. The standard InChI is InChI=1S/C26H18FN3O2/c27-21-7-4-17(5-8-21)25-24(14-20-13-19(26(31)32)6-9-22(20)29-25)30-11-1-2-18-12-16(15-28)3-10-23(18)30/h3-10,12-14H,1-2,11H2,(H,31,32). The molecule has 0 unspecified atom stereocenters. The maximum absolute atomic E-state index is 13.6. The number of hydrogen-bond donors (Lipinski definition) is 1. The maximum atomic E-state index is 13.6. The zero-order valence-corrected chi connectivity index (χ0v) is 17.0. The number of nitrogens with zero attached hydrogens (tertiary/aromatic N) is 3. The van der Waals surface area contributed by atoms with Gasteiger partial charge in [-0.25, -0.2) is 14.2 Å². The summed E-state index contributed by atoms with van der Waals surface area (Å²) >= 11 is 0. The van der Waals surface area contributed by atoms with Gasteiger partial charge in [-0.3, -0.25) is 0 Å². The van der Waals surface area contributed by atoms with E-state index >= 15 is 0 Å². The highest BCUT2D eigenvalue weighted by Gasteiger charge is 2.23. The Bertz CT molecular complexity index is 1410. The van der Waals surface area contributed by atoms with Gasteiger partial charge in [0.25, 0.3) is 0 Å². The summed E-state index contributed by atoms with van der Waals surface area (Å²) in [6, 6.07) is 20.8. The maximum Gasteiger partial charge on any atom is 0.335 e. The van der Waals surface area contributed by atoms with Gasteiger partial charge in [0.1, 0.15) is 5.82 Å². The van der Waals surface area contributed by atoms with Crippen molar-refractivity contribution < 1.29 is 14.3 Å². The van der Waals surface area contributed by atoms with Gasteiger partial charge in [0.2, 0.25) is 0 Å². The molecule has 0 spiro atoms. The third-order valence-corrected chi connectivity index (χ3v) is 5.78. The van der Waals surface area contributed by atoms with E-state index in [1.807, 2.05) is 18.2 Å².